The van der Waals surface area contributed by atoms with Gasteiger partial charge in [0.15, 0.2) is 11.5 Å². The van der Waals surface area contributed by atoms with E-state index in [0.717, 1.165) is 6.33 Å². The van der Waals surface area contributed by atoms with E-state index in [0.29, 0.717) is 41.0 Å². The summed E-state index contributed by atoms with van der Waals surface area (Å²) in [7, 11) is 1.40. The van der Waals surface area contributed by atoms with Crippen LogP contribution >= 0.6 is 11.6 Å². The minimum absolute atomic E-state index is 0.258. The average molecular weight is 458 g/mol. The fraction of sp³-hybridized carbons (Fsp3) is 0.143. The first-order valence-corrected chi connectivity index (χ1v) is 9.78. The Morgan fingerprint density at radius 3 is 2.56 bits per heavy atom. The standard InChI is InChI=1S/C21H17ClFN5O4/c1-29-27-18(19-24-10-11-30-28-19)15-4-2-3-5-16(15)32-21-17(23)20(25-12-26-21)31-14-8-6-13(22)7-9-14/h2-9,12H,10-11H2,1H3,(H,24,28). The van der Waals surface area contributed by atoms with Crippen LogP contribution in [0.5, 0.6) is 23.3 Å². The molecule has 0 bridgehead atoms. The quantitative estimate of drug-likeness (QED) is 0.420. The third kappa shape index (κ3) is 4.93. The SMILES string of the molecule is CON=C(C1=NCCON1)c1ccccc1Oc1ncnc(Oc2ccc(Cl)cc2)c1F. The monoisotopic (exact) mass is 457 g/mol. The number of ether oxygens (including phenoxy) is 2. The van der Waals surface area contributed by atoms with Gasteiger partial charge in [-0.3, -0.25) is 9.83 Å². The third-order valence-electron chi connectivity index (χ3n) is 4.14. The summed E-state index contributed by atoms with van der Waals surface area (Å²) in [6.45, 7) is 0.866. The van der Waals surface area contributed by atoms with Gasteiger partial charge in [0.05, 0.1) is 18.7 Å². The van der Waals surface area contributed by atoms with Crippen LogP contribution < -0.4 is 15.0 Å². The van der Waals surface area contributed by atoms with Crippen molar-refractivity contribution in [2.45, 2.75) is 0 Å². The van der Waals surface area contributed by atoms with Crippen LogP contribution in [0.2, 0.25) is 5.02 Å². The Balaban J connectivity index is 1.64. The molecule has 0 unspecified atom stereocenters. The van der Waals surface area contributed by atoms with Crippen LogP contribution in [0.3, 0.4) is 0 Å². The second-order valence-corrected chi connectivity index (χ2v) is 6.69. The molecule has 3 aromatic rings. The number of para-hydroxylation sites is 1. The zero-order chi connectivity index (χ0) is 22.3. The molecule has 4 rings (SSSR count). The first-order valence-electron chi connectivity index (χ1n) is 9.40. The van der Waals surface area contributed by atoms with E-state index in [9.17, 15) is 0 Å². The highest BCUT2D eigenvalue weighted by Gasteiger charge is 2.22. The Kier molecular flexibility index (Phi) is 6.73. The molecule has 2 aromatic carbocycles. The van der Waals surface area contributed by atoms with Crippen molar-refractivity contribution in [2.75, 3.05) is 20.3 Å². The lowest BCUT2D eigenvalue weighted by atomic mass is 10.1. The summed E-state index contributed by atoms with van der Waals surface area (Å²) in [5.41, 5.74) is 3.49. The second-order valence-electron chi connectivity index (χ2n) is 6.26. The molecule has 0 saturated carbocycles. The summed E-state index contributed by atoms with van der Waals surface area (Å²) in [6.07, 6.45) is 1.14. The van der Waals surface area contributed by atoms with Crippen LogP contribution in [0.1, 0.15) is 5.56 Å². The van der Waals surface area contributed by atoms with Crippen molar-refractivity contribution in [2.24, 2.45) is 10.1 Å². The number of hydrogen-bond acceptors (Lipinski definition) is 9. The predicted molar refractivity (Wildman–Crippen MR) is 115 cm³/mol. The molecule has 0 saturated heterocycles. The lowest BCUT2D eigenvalue weighted by molar-refractivity contribution is 0.0836. The van der Waals surface area contributed by atoms with E-state index < -0.39 is 5.82 Å². The number of nitrogens with one attached hydrogen (secondary N) is 1. The van der Waals surface area contributed by atoms with Gasteiger partial charge in [0, 0.05) is 5.02 Å². The van der Waals surface area contributed by atoms with Crippen LogP contribution in [0.15, 0.2) is 65.0 Å². The van der Waals surface area contributed by atoms with E-state index in [1.165, 1.54) is 7.11 Å². The molecule has 1 aliphatic heterocycles. The highest BCUT2D eigenvalue weighted by Crippen LogP contribution is 2.31. The number of nitrogens with zero attached hydrogens (tertiary/aromatic N) is 4. The van der Waals surface area contributed by atoms with E-state index >= 15 is 4.39 Å². The Bertz CT molecular complexity index is 1160. The second kappa shape index (κ2) is 10.0. The molecule has 2 heterocycles. The Labute approximate surface area is 187 Å². The largest absolute Gasteiger partial charge is 0.436 e. The van der Waals surface area contributed by atoms with Crippen molar-refractivity contribution in [1.82, 2.24) is 15.4 Å². The van der Waals surface area contributed by atoms with E-state index in [1.54, 1.807) is 48.5 Å². The maximum absolute atomic E-state index is 15.0. The predicted octanol–water partition coefficient (Wildman–Crippen LogP) is 4.14. The maximum atomic E-state index is 15.0. The number of aromatic nitrogens is 2. The molecule has 0 radical (unpaired) electrons. The van der Waals surface area contributed by atoms with Gasteiger partial charge in [0.25, 0.3) is 11.8 Å². The van der Waals surface area contributed by atoms with E-state index in [1.807, 2.05) is 0 Å². The van der Waals surface area contributed by atoms with Crippen LogP contribution in [0, 0.1) is 5.82 Å². The van der Waals surface area contributed by atoms with Crippen molar-refractivity contribution in [1.29, 1.82) is 0 Å². The van der Waals surface area contributed by atoms with Crippen LogP contribution in [0.25, 0.3) is 0 Å². The maximum Gasteiger partial charge on any atom is 0.263 e. The van der Waals surface area contributed by atoms with Gasteiger partial charge in [0.1, 0.15) is 24.9 Å². The molecule has 1 aromatic heterocycles. The summed E-state index contributed by atoms with van der Waals surface area (Å²) >= 11 is 5.87. The zero-order valence-electron chi connectivity index (χ0n) is 16.8. The minimum Gasteiger partial charge on any atom is -0.436 e. The van der Waals surface area contributed by atoms with Crippen molar-refractivity contribution in [3.8, 4) is 23.3 Å². The number of aliphatic imine (C=N–C) groups is 1. The van der Waals surface area contributed by atoms with Crippen molar-refractivity contribution in [3.63, 3.8) is 0 Å². The zero-order valence-corrected chi connectivity index (χ0v) is 17.5. The lowest BCUT2D eigenvalue weighted by Crippen LogP contribution is -2.37. The molecule has 1 N–H and O–H groups in total. The van der Waals surface area contributed by atoms with Gasteiger partial charge < -0.3 is 14.3 Å². The van der Waals surface area contributed by atoms with E-state index in [4.69, 9.17) is 30.7 Å². The third-order valence-corrected chi connectivity index (χ3v) is 4.39. The minimum atomic E-state index is -0.876. The molecular formula is C21H17ClFN5O4. The molecule has 0 amide bonds. The summed E-state index contributed by atoms with van der Waals surface area (Å²) in [6, 6.07) is 13.3. The van der Waals surface area contributed by atoms with Crippen LogP contribution in [-0.4, -0.2) is 41.8 Å². The molecule has 0 spiro atoms. The van der Waals surface area contributed by atoms with Gasteiger partial charge in [-0.1, -0.05) is 28.9 Å². The van der Waals surface area contributed by atoms with E-state index in [-0.39, 0.29) is 17.5 Å². The number of benzene rings is 2. The van der Waals surface area contributed by atoms with Gasteiger partial charge in [-0.05, 0) is 36.4 Å². The van der Waals surface area contributed by atoms with Gasteiger partial charge in [0.2, 0.25) is 5.82 Å². The van der Waals surface area contributed by atoms with Crippen molar-refractivity contribution < 1.29 is 23.5 Å². The molecule has 0 atom stereocenters. The van der Waals surface area contributed by atoms with Crippen molar-refractivity contribution in [3.05, 3.63) is 71.3 Å². The first-order chi connectivity index (χ1) is 15.7. The number of amidine groups is 1. The molecule has 9 nitrogen and oxygen atoms in total. The molecule has 11 heteroatoms. The number of rotatable bonds is 7. The normalized spacial score (nSPS) is 13.7. The van der Waals surface area contributed by atoms with Gasteiger partial charge in [-0.2, -0.15) is 14.4 Å². The summed E-state index contributed by atoms with van der Waals surface area (Å²) in [5.74, 6) is -0.541. The Hall–Kier alpha value is -3.76. The molecule has 32 heavy (non-hydrogen) atoms. The highest BCUT2D eigenvalue weighted by molar-refractivity contribution is 6.47. The van der Waals surface area contributed by atoms with Gasteiger partial charge in [-0.15, -0.1) is 0 Å². The Morgan fingerprint density at radius 2 is 1.84 bits per heavy atom. The summed E-state index contributed by atoms with van der Waals surface area (Å²) in [4.78, 5) is 22.3. The number of halogens is 2. The first kappa shape index (κ1) is 21.5. The van der Waals surface area contributed by atoms with Gasteiger partial charge >= 0.3 is 0 Å². The lowest BCUT2D eigenvalue weighted by Gasteiger charge is -2.17. The molecule has 1 aliphatic rings. The van der Waals surface area contributed by atoms with Crippen LogP contribution in [0.4, 0.5) is 4.39 Å². The number of hydroxylamine groups is 1. The molecule has 0 fully saturated rings. The molecule has 0 aliphatic carbocycles. The number of oxime groups is 1. The smallest absolute Gasteiger partial charge is 0.263 e. The van der Waals surface area contributed by atoms with Crippen LogP contribution in [-0.2, 0) is 9.68 Å². The fourth-order valence-electron chi connectivity index (χ4n) is 2.74. The molecule has 164 valence electrons. The Morgan fingerprint density at radius 1 is 1.09 bits per heavy atom. The average Bonchev–Trinajstić information content (AvgIpc) is 2.82. The topological polar surface area (TPSA) is 99.5 Å². The fourth-order valence-corrected chi connectivity index (χ4v) is 2.87. The van der Waals surface area contributed by atoms with Crippen molar-refractivity contribution >= 4 is 23.1 Å². The highest BCUT2D eigenvalue weighted by atomic mass is 35.5. The molecular weight excluding hydrogens is 441 g/mol. The summed E-state index contributed by atoms with van der Waals surface area (Å²) in [5, 5.41) is 4.55. The van der Waals surface area contributed by atoms with Gasteiger partial charge in [-0.25, -0.2) is 5.48 Å². The van der Waals surface area contributed by atoms with E-state index in [2.05, 4.69) is 25.6 Å². The number of hydrogen-bond donors (Lipinski definition) is 1. The summed E-state index contributed by atoms with van der Waals surface area (Å²) < 4.78 is 26.3.